The van der Waals surface area contributed by atoms with Gasteiger partial charge >= 0.3 is 5.97 Å². The molecule has 0 radical (unpaired) electrons. The molecule has 2 nitrogen and oxygen atoms in total. The summed E-state index contributed by atoms with van der Waals surface area (Å²) < 4.78 is 0.108. The van der Waals surface area contributed by atoms with Crippen LogP contribution in [-0.4, -0.2) is 21.6 Å². The predicted octanol–water partition coefficient (Wildman–Crippen LogP) is 3.39. The van der Waals surface area contributed by atoms with Gasteiger partial charge in [-0.1, -0.05) is 45.0 Å². The molecule has 0 aliphatic heterocycles. The zero-order chi connectivity index (χ0) is 13.4. The number of carboxylic acids is 1. The highest BCUT2D eigenvalue weighted by Gasteiger charge is 2.44. The maximum atomic E-state index is 11.7. The Balaban J connectivity index is 2.20. The molecular weight excluding hydrogens is 244 g/mol. The van der Waals surface area contributed by atoms with Crippen LogP contribution >= 0.6 is 11.8 Å². The van der Waals surface area contributed by atoms with Crippen molar-refractivity contribution < 1.29 is 9.90 Å². The van der Waals surface area contributed by atoms with E-state index in [2.05, 4.69) is 32.9 Å². The molecule has 0 atom stereocenters. The van der Waals surface area contributed by atoms with Crippen LogP contribution < -0.4 is 0 Å². The maximum Gasteiger partial charge on any atom is 0.311 e. The first kappa shape index (κ1) is 13.5. The van der Waals surface area contributed by atoms with Crippen molar-refractivity contribution >= 4 is 17.7 Å². The van der Waals surface area contributed by atoms with Crippen molar-refractivity contribution in [3.8, 4) is 0 Å². The van der Waals surface area contributed by atoms with Gasteiger partial charge in [-0.25, -0.2) is 0 Å². The summed E-state index contributed by atoms with van der Waals surface area (Å²) in [5.41, 5.74) is 1.80. The zero-order valence-electron chi connectivity index (χ0n) is 11.2. The second-order valence-electron chi connectivity index (χ2n) is 6.11. The minimum Gasteiger partial charge on any atom is -0.481 e. The van der Waals surface area contributed by atoms with Gasteiger partial charge in [0.2, 0.25) is 0 Å². The highest BCUT2D eigenvalue weighted by Crippen LogP contribution is 2.42. The van der Waals surface area contributed by atoms with Crippen LogP contribution in [0.15, 0.2) is 24.3 Å². The third-order valence-electron chi connectivity index (χ3n) is 3.41. The minimum absolute atomic E-state index is 0.108. The number of hydrogen-bond acceptors (Lipinski definition) is 2. The fourth-order valence-electron chi connectivity index (χ4n) is 2.36. The first-order valence-electron chi connectivity index (χ1n) is 6.27. The number of thioether (sulfide) groups is 1. The van der Waals surface area contributed by atoms with Gasteiger partial charge in [-0.2, -0.15) is 11.8 Å². The molecule has 0 bridgehead atoms. The molecule has 1 aromatic carbocycles. The fraction of sp³-hybridized carbons (Fsp3) is 0.533. The quantitative estimate of drug-likeness (QED) is 0.909. The van der Waals surface area contributed by atoms with E-state index in [1.807, 2.05) is 12.1 Å². The molecule has 1 N–H and O–H groups in total. The fourth-order valence-corrected chi connectivity index (χ4v) is 3.40. The van der Waals surface area contributed by atoms with E-state index in [1.54, 1.807) is 11.8 Å². The van der Waals surface area contributed by atoms with E-state index in [-0.39, 0.29) is 4.75 Å². The van der Waals surface area contributed by atoms with Gasteiger partial charge in [0.1, 0.15) is 0 Å². The number of fused-ring (bicyclic) bond motifs is 1. The van der Waals surface area contributed by atoms with Crippen LogP contribution in [0.4, 0.5) is 0 Å². The number of aliphatic carboxylic acids is 1. The Bertz CT molecular complexity index is 435. The van der Waals surface area contributed by atoms with E-state index in [0.717, 1.165) is 0 Å². The molecule has 1 aliphatic rings. The van der Waals surface area contributed by atoms with E-state index < -0.39 is 11.4 Å². The van der Waals surface area contributed by atoms with Crippen LogP contribution in [0.5, 0.6) is 0 Å². The van der Waals surface area contributed by atoms with Crippen molar-refractivity contribution in [3.63, 3.8) is 0 Å². The molecule has 98 valence electrons. The Morgan fingerprint density at radius 1 is 1.28 bits per heavy atom. The number of benzene rings is 1. The van der Waals surface area contributed by atoms with Crippen LogP contribution in [0.25, 0.3) is 0 Å². The van der Waals surface area contributed by atoms with E-state index in [1.165, 1.54) is 11.1 Å². The van der Waals surface area contributed by atoms with Crippen molar-refractivity contribution in [1.29, 1.82) is 0 Å². The highest BCUT2D eigenvalue weighted by atomic mass is 32.2. The topological polar surface area (TPSA) is 37.3 Å². The van der Waals surface area contributed by atoms with Gasteiger partial charge in [-0.3, -0.25) is 4.79 Å². The van der Waals surface area contributed by atoms with Gasteiger partial charge in [0, 0.05) is 10.5 Å². The highest BCUT2D eigenvalue weighted by molar-refractivity contribution is 8.00. The SMILES string of the molecule is CC(C)(C)SCC1(C(=O)O)Cc2ccccc2C1. The second-order valence-corrected chi connectivity index (χ2v) is 7.91. The van der Waals surface area contributed by atoms with E-state index in [9.17, 15) is 9.90 Å². The van der Waals surface area contributed by atoms with Crippen LogP contribution in [0.2, 0.25) is 0 Å². The average molecular weight is 264 g/mol. The lowest BCUT2D eigenvalue weighted by atomic mass is 9.87. The summed E-state index contributed by atoms with van der Waals surface area (Å²) in [4.78, 5) is 11.7. The molecule has 2 rings (SSSR count). The summed E-state index contributed by atoms with van der Waals surface area (Å²) in [6.07, 6.45) is 1.34. The third-order valence-corrected chi connectivity index (χ3v) is 4.97. The summed E-state index contributed by atoms with van der Waals surface area (Å²) in [6, 6.07) is 8.10. The normalized spacial score (nSPS) is 17.5. The molecule has 18 heavy (non-hydrogen) atoms. The summed E-state index contributed by atoms with van der Waals surface area (Å²) in [7, 11) is 0. The monoisotopic (exact) mass is 264 g/mol. The second kappa shape index (κ2) is 4.61. The van der Waals surface area contributed by atoms with Crippen molar-refractivity contribution in [1.82, 2.24) is 0 Å². The summed E-state index contributed by atoms with van der Waals surface area (Å²) in [5.74, 6) is 0.0241. The molecule has 0 saturated carbocycles. The number of hydrogen-bond donors (Lipinski definition) is 1. The molecular formula is C15H20O2S. The zero-order valence-corrected chi connectivity index (χ0v) is 12.0. The van der Waals surface area contributed by atoms with Gasteiger partial charge in [-0.15, -0.1) is 0 Å². The van der Waals surface area contributed by atoms with Crippen LogP contribution in [0.1, 0.15) is 31.9 Å². The minimum atomic E-state index is -0.657. The summed E-state index contributed by atoms with van der Waals surface area (Å²) >= 11 is 1.75. The lowest BCUT2D eigenvalue weighted by Gasteiger charge is -2.28. The largest absolute Gasteiger partial charge is 0.481 e. The first-order valence-corrected chi connectivity index (χ1v) is 7.25. The Kier molecular flexibility index (Phi) is 3.45. The number of carbonyl (C=O) groups is 1. The van der Waals surface area contributed by atoms with Crippen molar-refractivity contribution in [3.05, 3.63) is 35.4 Å². The predicted molar refractivity (Wildman–Crippen MR) is 76.1 cm³/mol. The Hall–Kier alpha value is -0.960. The molecule has 0 amide bonds. The van der Waals surface area contributed by atoms with Gasteiger partial charge < -0.3 is 5.11 Å². The van der Waals surface area contributed by atoms with E-state index in [0.29, 0.717) is 18.6 Å². The van der Waals surface area contributed by atoms with Crippen molar-refractivity contribution in [2.75, 3.05) is 5.75 Å². The van der Waals surface area contributed by atoms with E-state index >= 15 is 0 Å². The summed E-state index contributed by atoms with van der Waals surface area (Å²) in [5, 5.41) is 9.62. The summed E-state index contributed by atoms with van der Waals surface area (Å²) in [6.45, 7) is 6.40. The Labute approximate surface area is 113 Å². The van der Waals surface area contributed by atoms with Gasteiger partial charge in [0.15, 0.2) is 0 Å². The van der Waals surface area contributed by atoms with Crippen LogP contribution in [-0.2, 0) is 17.6 Å². The van der Waals surface area contributed by atoms with E-state index in [4.69, 9.17) is 0 Å². The Morgan fingerprint density at radius 2 is 1.78 bits per heavy atom. The molecule has 0 aromatic heterocycles. The number of carboxylic acid groups (broad SMARTS) is 1. The Morgan fingerprint density at radius 3 is 2.17 bits per heavy atom. The third kappa shape index (κ3) is 2.72. The lowest BCUT2D eigenvalue weighted by Crippen LogP contribution is -2.35. The molecule has 3 heteroatoms. The standard InChI is InChI=1S/C15H20O2S/c1-14(2,3)18-10-15(13(16)17)8-11-6-4-5-7-12(11)9-15/h4-7H,8-10H2,1-3H3,(H,16,17). The molecule has 0 unspecified atom stereocenters. The molecule has 0 fully saturated rings. The van der Waals surface area contributed by atoms with Gasteiger partial charge in [0.25, 0.3) is 0 Å². The molecule has 1 aromatic rings. The van der Waals surface area contributed by atoms with Crippen molar-refractivity contribution in [2.45, 2.75) is 38.4 Å². The maximum absolute atomic E-state index is 11.7. The smallest absolute Gasteiger partial charge is 0.311 e. The van der Waals surface area contributed by atoms with Crippen LogP contribution in [0, 0.1) is 5.41 Å². The molecule has 0 heterocycles. The van der Waals surface area contributed by atoms with Gasteiger partial charge in [0.05, 0.1) is 5.41 Å². The van der Waals surface area contributed by atoms with Crippen molar-refractivity contribution in [2.24, 2.45) is 5.41 Å². The first-order chi connectivity index (χ1) is 8.32. The lowest BCUT2D eigenvalue weighted by molar-refractivity contribution is -0.147. The molecule has 0 saturated heterocycles. The van der Waals surface area contributed by atoms with Gasteiger partial charge in [-0.05, 0) is 24.0 Å². The average Bonchev–Trinajstić information content (AvgIpc) is 2.65. The number of rotatable bonds is 3. The molecule has 0 spiro atoms. The van der Waals surface area contributed by atoms with Crippen LogP contribution in [0.3, 0.4) is 0 Å². The molecule has 1 aliphatic carbocycles.